The Balaban J connectivity index is 2.85. The predicted molar refractivity (Wildman–Crippen MR) is 69.2 cm³/mol. The van der Waals surface area contributed by atoms with Crippen LogP contribution in [0.3, 0.4) is 0 Å². The van der Waals surface area contributed by atoms with Crippen LogP contribution in [0.2, 0.25) is 0 Å². The third-order valence-electron chi connectivity index (χ3n) is 2.44. The molecule has 1 unspecified atom stereocenters. The highest BCUT2D eigenvalue weighted by atomic mass is 32.2. The number of rotatable bonds is 7. The van der Waals surface area contributed by atoms with Crippen LogP contribution in [-0.4, -0.2) is 34.9 Å². The van der Waals surface area contributed by atoms with E-state index in [1.54, 1.807) is 13.3 Å². The van der Waals surface area contributed by atoms with Gasteiger partial charge in [-0.3, -0.25) is 4.68 Å². The van der Waals surface area contributed by atoms with Gasteiger partial charge in [-0.25, -0.2) is 0 Å². The Morgan fingerprint density at radius 1 is 1.56 bits per heavy atom. The molecule has 4 nitrogen and oxygen atoms in total. The maximum atomic E-state index is 5.34. The van der Waals surface area contributed by atoms with Gasteiger partial charge < -0.3 is 10.1 Å². The van der Waals surface area contributed by atoms with Gasteiger partial charge in [0.25, 0.3) is 0 Å². The van der Waals surface area contributed by atoms with Gasteiger partial charge in [-0.2, -0.15) is 16.9 Å². The van der Waals surface area contributed by atoms with Gasteiger partial charge in [0.05, 0.1) is 25.0 Å². The minimum Gasteiger partial charge on any atom is -0.493 e. The first-order valence-electron chi connectivity index (χ1n) is 5.61. The molecule has 92 valence electrons. The number of aromatic nitrogens is 2. The fourth-order valence-corrected chi connectivity index (χ4v) is 2.45. The number of nitrogens with zero attached hydrogens (tertiary/aromatic N) is 2. The van der Waals surface area contributed by atoms with Crippen LogP contribution in [0.5, 0.6) is 5.75 Å². The summed E-state index contributed by atoms with van der Waals surface area (Å²) in [4.78, 5) is 0. The van der Waals surface area contributed by atoms with Gasteiger partial charge in [0.2, 0.25) is 0 Å². The summed E-state index contributed by atoms with van der Waals surface area (Å²) in [6.45, 7) is 5.24. The van der Waals surface area contributed by atoms with E-state index >= 15 is 0 Å². The lowest BCUT2D eigenvalue weighted by atomic mass is 10.2. The second-order valence-electron chi connectivity index (χ2n) is 3.49. The highest BCUT2D eigenvalue weighted by Gasteiger charge is 2.19. The zero-order valence-corrected chi connectivity index (χ0v) is 11.3. The largest absolute Gasteiger partial charge is 0.493 e. The van der Waals surface area contributed by atoms with Crippen LogP contribution < -0.4 is 10.1 Å². The third-order valence-corrected chi connectivity index (χ3v) is 3.42. The molecule has 0 aliphatic heterocycles. The molecule has 0 aliphatic rings. The zero-order chi connectivity index (χ0) is 12.0. The molecule has 0 amide bonds. The zero-order valence-electron chi connectivity index (χ0n) is 10.5. The van der Waals surface area contributed by atoms with Gasteiger partial charge in [-0.1, -0.05) is 13.8 Å². The number of hydrogen-bond acceptors (Lipinski definition) is 4. The molecule has 0 bridgehead atoms. The van der Waals surface area contributed by atoms with Gasteiger partial charge in [-0.05, 0) is 12.3 Å². The van der Waals surface area contributed by atoms with E-state index in [4.69, 9.17) is 4.74 Å². The fraction of sp³-hybridized carbons (Fsp3) is 0.727. The fourth-order valence-electron chi connectivity index (χ4n) is 1.70. The van der Waals surface area contributed by atoms with Crippen molar-refractivity contribution in [2.24, 2.45) is 7.05 Å². The van der Waals surface area contributed by atoms with Crippen molar-refractivity contribution in [2.75, 3.05) is 25.2 Å². The van der Waals surface area contributed by atoms with Crippen molar-refractivity contribution in [3.05, 3.63) is 11.9 Å². The van der Waals surface area contributed by atoms with E-state index in [1.165, 1.54) is 0 Å². The molecular weight excluding hydrogens is 222 g/mol. The van der Waals surface area contributed by atoms with E-state index in [0.29, 0.717) is 6.04 Å². The number of methoxy groups -OCH3 is 1. The summed E-state index contributed by atoms with van der Waals surface area (Å²) >= 11 is 1.92. The van der Waals surface area contributed by atoms with E-state index in [9.17, 15) is 0 Å². The van der Waals surface area contributed by atoms with E-state index in [1.807, 2.05) is 23.5 Å². The molecule has 1 aromatic heterocycles. The first kappa shape index (κ1) is 13.4. The summed E-state index contributed by atoms with van der Waals surface area (Å²) in [5.74, 6) is 3.03. The number of ether oxygens (including phenoxy) is 1. The minimum absolute atomic E-state index is 0.303. The molecular formula is C11H21N3OS. The van der Waals surface area contributed by atoms with Gasteiger partial charge >= 0.3 is 0 Å². The quantitative estimate of drug-likeness (QED) is 0.793. The highest BCUT2D eigenvalue weighted by Crippen LogP contribution is 2.26. The molecule has 1 N–H and O–H groups in total. The van der Waals surface area contributed by atoms with Gasteiger partial charge in [0.1, 0.15) is 0 Å². The first-order chi connectivity index (χ1) is 7.74. The summed E-state index contributed by atoms with van der Waals surface area (Å²) < 4.78 is 7.23. The molecule has 0 saturated carbocycles. The standard InChI is InChI=1S/C11H21N3OS/c1-5-12-9(8-16-6-2)11-10(15-4)7-13-14(11)3/h7,9,12H,5-6,8H2,1-4H3. The highest BCUT2D eigenvalue weighted by molar-refractivity contribution is 7.99. The van der Waals surface area contributed by atoms with E-state index in [0.717, 1.165) is 29.5 Å². The second kappa shape index (κ2) is 6.81. The summed E-state index contributed by atoms with van der Waals surface area (Å²) in [5, 5.41) is 7.71. The molecule has 16 heavy (non-hydrogen) atoms. The van der Waals surface area contributed by atoms with Crippen molar-refractivity contribution >= 4 is 11.8 Å². The average Bonchev–Trinajstić information content (AvgIpc) is 2.66. The Kier molecular flexibility index (Phi) is 5.69. The molecule has 0 fully saturated rings. The van der Waals surface area contributed by atoms with Crippen LogP contribution in [0.4, 0.5) is 0 Å². The maximum Gasteiger partial charge on any atom is 0.161 e. The summed E-state index contributed by atoms with van der Waals surface area (Å²) in [5.41, 5.74) is 1.13. The van der Waals surface area contributed by atoms with Gasteiger partial charge in [0, 0.05) is 12.8 Å². The van der Waals surface area contributed by atoms with Crippen molar-refractivity contribution in [3.63, 3.8) is 0 Å². The van der Waals surface area contributed by atoms with Crippen LogP contribution in [0, 0.1) is 0 Å². The molecule has 0 spiro atoms. The molecule has 0 aromatic carbocycles. The molecule has 0 saturated heterocycles. The molecule has 1 aromatic rings. The van der Waals surface area contributed by atoms with Crippen LogP contribution >= 0.6 is 11.8 Å². The number of aryl methyl sites for hydroxylation is 1. The minimum atomic E-state index is 0.303. The lowest BCUT2D eigenvalue weighted by molar-refractivity contribution is 0.399. The number of nitrogens with one attached hydrogen (secondary N) is 1. The van der Waals surface area contributed by atoms with Crippen molar-refractivity contribution in [3.8, 4) is 5.75 Å². The van der Waals surface area contributed by atoms with E-state index in [2.05, 4.69) is 24.3 Å². The summed E-state index contributed by atoms with van der Waals surface area (Å²) in [7, 11) is 3.65. The average molecular weight is 243 g/mol. The smallest absolute Gasteiger partial charge is 0.161 e. The third kappa shape index (κ3) is 3.15. The Hall–Kier alpha value is -0.680. The Morgan fingerprint density at radius 2 is 2.31 bits per heavy atom. The molecule has 1 heterocycles. The topological polar surface area (TPSA) is 39.1 Å². The maximum absolute atomic E-state index is 5.34. The number of thioether (sulfide) groups is 1. The van der Waals surface area contributed by atoms with Gasteiger partial charge in [0.15, 0.2) is 5.75 Å². The van der Waals surface area contributed by atoms with Gasteiger partial charge in [-0.15, -0.1) is 0 Å². The van der Waals surface area contributed by atoms with E-state index < -0.39 is 0 Å². The van der Waals surface area contributed by atoms with E-state index in [-0.39, 0.29) is 0 Å². The first-order valence-corrected chi connectivity index (χ1v) is 6.77. The Labute approximate surface area is 102 Å². The summed E-state index contributed by atoms with van der Waals surface area (Å²) in [6.07, 6.45) is 1.77. The monoisotopic (exact) mass is 243 g/mol. The number of hydrogen-bond donors (Lipinski definition) is 1. The summed E-state index contributed by atoms with van der Waals surface area (Å²) in [6, 6.07) is 0.303. The lowest BCUT2D eigenvalue weighted by Gasteiger charge is -2.18. The van der Waals surface area contributed by atoms with Crippen molar-refractivity contribution in [1.82, 2.24) is 15.1 Å². The predicted octanol–water partition coefficient (Wildman–Crippen LogP) is 1.83. The molecule has 1 atom stereocenters. The Morgan fingerprint density at radius 3 is 2.88 bits per heavy atom. The molecule has 0 radical (unpaired) electrons. The molecule has 1 rings (SSSR count). The molecule has 5 heteroatoms. The Bertz CT molecular complexity index is 314. The van der Waals surface area contributed by atoms with Crippen LogP contribution in [0.25, 0.3) is 0 Å². The van der Waals surface area contributed by atoms with Crippen LogP contribution in [0.15, 0.2) is 6.20 Å². The van der Waals surface area contributed by atoms with Crippen LogP contribution in [-0.2, 0) is 7.05 Å². The van der Waals surface area contributed by atoms with Crippen LogP contribution in [0.1, 0.15) is 25.6 Å². The second-order valence-corrected chi connectivity index (χ2v) is 4.81. The van der Waals surface area contributed by atoms with Crippen molar-refractivity contribution in [2.45, 2.75) is 19.9 Å². The van der Waals surface area contributed by atoms with Crippen molar-refractivity contribution < 1.29 is 4.74 Å². The lowest BCUT2D eigenvalue weighted by Crippen LogP contribution is -2.25. The SMILES string of the molecule is CCNC(CSCC)c1c(OC)cnn1C. The normalized spacial score (nSPS) is 12.8. The van der Waals surface area contributed by atoms with Crippen molar-refractivity contribution in [1.29, 1.82) is 0 Å². The molecule has 0 aliphatic carbocycles.